The quantitative estimate of drug-likeness (QED) is 0.691. The Labute approximate surface area is 110 Å². The van der Waals surface area contributed by atoms with Crippen molar-refractivity contribution in [2.45, 2.75) is 0 Å². The van der Waals surface area contributed by atoms with E-state index in [4.69, 9.17) is 0 Å². The molecule has 0 aliphatic rings. The zero-order valence-electron chi connectivity index (χ0n) is 8.76. The Kier molecular flexibility index (Phi) is 4.06. The van der Waals surface area contributed by atoms with Crippen LogP contribution in [0.3, 0.4) is 0 Å². The molecule has 1 N–H and O–H groups in total. The van der Waals surface area contributed by atoms with Gasteiger partial charge in [-0.1, -0.05) is 24.3 Å². The van der Waals surface area contributed by atoms with Crippen molar-refractivity contribution in [1.82, 2.24) is 9.97 Å². The summed E-state index contributed by atoms with van der Waals surface area (Å²) < 4.78 is 0.321. The minimum Gasteiger partial charge on any atom is -0.318 e. The van der Waals surface area contributed by atoms with Gasteiger partial charge < -0.3 is 4.98 Å². The van der Waals surface area contributed by atoms with E-state index in [1.807, 2.05) is 47.2 Å². The lowest BCUT2D eigenvalue weighted by molar-refractivity contribution is 1.18. The maximum atomic E-state index is 11.1. The molecule has 0 amide bonds. The number of para-hydroxylation sites is 2. The summed E-state index contributed by atoms with van der Waals surface area (Å²) in [5, 5.41) is 4.08. The summed E-state index contributed by atoms with van der Waals surface area (Å²) in [6, 6.07) is 11.4. The first kappa shape index (κ1) is 12.0. The monoisotopic (exact) mass is 308 g/mol. The molecule has 3 aromatic rings. The van der Waals surface area contributed by atoms with E-state index in [1.165, 1.54) is 0 Å². The van der Waals surface area contributed by atoms with E-state index < -0.39 is 0 Å². The standard InChI is InChI=1S/C8H5BrN2O.C4H4S/c9-7-8(12)11-6-4-2-1-3-5(6)10-7;1-2-4-5-3-1/h1-4H,(H,11,12);1-4H. The van der Waals surface area contributed by atoms with Crippen molar-refractivity contribution >= 4 is 38.3 Å². The molecule has 0 bridgehead atoms. The van der Waals surface area contributed by atoms with E-state index >= 15 is 0 Å². The van der Waals surface area contributed by atoms with E-state index in [1.54, 1.807) is 11.3 Å². The highest BCUT2D eigenvalue weighted by Crippen LogP contribution is 2.07. The second-order valence-electron chi connectivity index (χ2n) is 3.17. The maximum absolute atomic E-state index is 11.1. The Morgan fingerprint density at radius 3 is 2.47 bits per heavy atom. The van der Waals surface area contributed by atoms with Crippen molar-refractivity contribution in [3.63, 3.8) is 0 Å². The van der Waals surface area contributed by atoms with Gasteiger partial charge in [-0.25, -0.2) is 4.98 Å². The van der Waals surface area contributed by atoms with Crippen LogP contribution in [0, 0.1) is 0 Å². The number of thiophene rings is 1. The van der Waals surface area contributed by atoms with Crippen molar-refractivity contribution < 1.29 is 0 Å². The van der Waals surface area contributed by atoms with Gasteiger partial charge in [0.05, 0.1) is 11.0 Å². The highest BCUT2D eigenvalue weighted by Gasteiger charge is 1.98. The van der Waals surface area contributed by atoms with Crippen LogP contribution in [0.15, 0.2) is 56.6 Å². The third-order valence-corrected chi connectivity index (χ3v) is 3.15. The minimum absolute atomic E-state index is 0.200. The molecule has 17 heavy (non-hydrogen) atoms. The van der Waals surface area contributed by atoms with Gasteiger partial charge in [-0.3, -0.25) is 4.79 Å². The van der Waals surface area contributed by atoms with Crippen molar-refractivity contribution in [3.8, 4) is 0 Å². The predicted octanol–water partition coefficient (Wildman–Crippen LogP) is 3.43. The van der Waals surface area contributed by atoms with E-state index in [9.17, 15) is 4.79 Å². The first-order valence-electron chi connectivity index (χ1n) is 4.89. The van der Waals surface area contributed by atoms with Crippen molar-refractivity contribution in [2.75, 3.05) is 0 Å². The van der Waals surface area contributed by atoms with Crippen molar-refractivity contribution in [1.29, 1.82) is 0 Å². The lowest BCUT2D eigenvalue weighted by Gasteiger charge is -1.95. The first-order chi connectivity index (χ1) is 8.27. The number of nitrogens with one attached hydrogen (secondary N) is 1. The second-order valence-corrected chi connectivity index (χ2v) is 4.73. The molecule has 0 fully saturated rings. The maximum Gasteiger partial charge on any atom is 0.281 e. The molecule has 0 spiro atoms. The number of benzene rings is 1. The fourth-order valence-corrected chi connectivity index (χ4v) is 1.98. The number of nitrogens with zero attached hydrogens (tertiary/aromatic N) is 1. The number of halogens is 1. The summed E-state index contributed by atoms with van der Waals surface area (Å²) in [5.41, 5.74) is 1.34. The summed E-state index contributed by atoms with van der Waals surface area (Å²) in [6.45, 7) is 0. The van der Waals surface area contributed by atoms with Crippen LogP contribution in [-0.2, 0) is 0 Å². The van der Waals surface area contributed by atoms with Crippen LogP contribution in [0.2, 0.25) is 0 Å². The summed E-state index contributed by atoms with van der Waals surface area (Å²) in [4.78, 5) is 17.8. The smallest absolute Gasteiger partial charge is 0.281 e. The fourth-order valence-electron chi connectivity index (χ4n) is 1.23. The van der Waals surface area contributed by atoms with Crippen LogP contribution < -0.4 is 5.56 Å². The molecule has 5 heteroatoms. The topological polar surface area (TPSA) is 45.8 Å². The van der Waals surface area contributed by atoms with Gasteiger partial charge in [0.2, 0.25) is 0 Å². The first-order valence-corrected chi connectivity index (χ1v) is 6.62. The summed E-state index contributed by atoms with van der Waals surface area (Å²) >= 11 is 4.77. The van der Waals surface area contributed by atoms with Crippen LogP contribution >= 0.6 is 27.3 Å². The second kappa shape index (κ2) is 5.75. The van der Waals surface area contributed by atoms with E-state index in [0.29, 0.717) is 4.60 Å². The van der Waals surface area contributed by atoms with Crippen LogP contribution in [0.1, 0.15) is 0 Å². The molecule has 0 saturated carbocycles. The molecule has 0 saturated heterocycles. The Morgan fingerprint density at radius 2 is 1.82 bits per heavy atom. The van der Waals surface area contributed by atoms with Gasteiger partial charge in [0.25, 0.3) is 5.56 Å². The fraction of sp³-hybridized carbons (Fsp3) is 0. The number of hydrogen-bond donors (Lipinski definition) is 1. The van der Waals surface area contributed by atoms with Crippen LogP contribution in [-0.4, -0.2) is 9.97 Å². The SMILES string of the molecule is O=c1[nH]c2ccccc2nc1Br.c1ccsc1. The van der Waals surface area contributed by atoms with Crippen LogP contribution in [0.25, 0.3) is 11.0 Å². The third-order valence-electron chi connectivity index (χ3n) is 1.98. The molecule has 0 radical (unpaired) electrons. The molecule has 86 valence electrons. The minimum atomic E-state index is -0.200. The van der Waals surface area contributed by atoms with Crippen LogP contribution in [0.4, 0.5) is 0 Å². The van der Waals surface area contributed by atoms with Gasteiger partial charge in [0, 0.05) is 0 Å². The van der Waals surface area contributed by atoms with E-state index in [2.05, 4.69) is 25.9 Å². The molecule has 0 atom stereocenters. The van der Waals surface area contributed by atoms with Crippen molar-refractivity contribution in [3.05, 3.63) is 62.1 Å². The van der Waals surface area contributed by atoms with Gasteiger partial charge >= 0.3 is 0 Å². The number of rotatable bonds is 0. The Morgan fingerprint density at radius 1 is 1.12 bits per heavy atom. The highest BCUT2D eigenvalue weighted by molar-refractivity contribution is 9.10. The summed E-state index contributed by atoms with van der Waals surface area (Å²) in [6.07, 6.45) is 0. The average molecular weight is 309 g/mol. The number of fused-ring (bicyclic) bond motifs is 1. The lowest BCUT2D eigenvalue weighted by atomic mass is 10.3. The molecular weight excluding hydrogens is 300 g/mol. The van der Waals surface area contributed by atoms with Gasteiger partial charge in [0.1, 0.15) is 0 Å². The molecular formula is C12H9BrN2OS. The van der Waals surface area contributed by atoms with E-state index in [0.717, 1.165) is 11.0 Å². The summed E-state index contributed by atoms with van der Waals surface area (Å²) in [7, 11) is 0. The Balaban J connectivity index is 0.000000181. The normalized spacial score (nSPS) is 9.71. The molecule has 2 heterocycles. The number of aromatic amines is 1. The van der Waals surface area contributed by atoms with Gasteiger partial charge in [-0.2, -0.15) is 11.3 Å². The zero-order chi connectivity index (χ0) is 12.1. The van der Waals surface area contributed by atoms with Gasteiger partial charge in [-0.15, -0.1) is 0 Å². The molecule has 3 rings (SSSR count). The third kappa shape index (κ3) is 3.25. The number of hydrogen-bond acceptors (Lipinski definition) is 3. The molecule has 0 unspecified atom stereocenters. The van der Waals surface area contributed by atoms with Crippen LogP contribution in [0.5, 0.6) is 0 Å². The van der Waals surface area contributed by atoms with Gasteiger partial charge in [0.15, 0.2) is 4.60 Å². The largest absolute Gasteiger partial charge is 0.318 e. The molecule has 2 aromatic heterocycles. The Bertz CT molecular complexity index is 632. The molecule has 3 nitrogen and oxygen atoms in total. The lowest BCUT2D eigenvalue weighted by Crippen LogP contribution is -2.08. The van der Waals surface area contributed by atoms with Gasteiger partial charge in [-0.05, 0) is 38.8 Å². The highest BCUT2D eigenvalue weighted by atomic mass is 79.9. The molecule has 0 aliphatic heterocycles. The van der Waals surface area contributed by atoms with Crippen molar-refractivity contribution in [2.24, 2.45) is 0 Å². The number of H-pyrrole nitrogens is 1. The molecule has 0 aliphatic carbocycles. The zero-order valence-corrected chi connectivity index (χ0v) is 11.2. The van der Waals surface area contributed by atoms with E-state index in [-0.39, 0.29) is 5.56 Å². The summed E-state index contributed by atoms with van der Waals surface area (Å²) in [5.74, 6) is 0. The predicted molar refractivity (Wildman–Crippen MR) is 74.4 cm³/mol. The Hall–Kier alpha value is -1.46. The molecule has 1 aromatic carbocycles. The number of aromatic nitrogens is 2. The average Bonchev–Trinajstić information content (AvgIpc) is 2.89.